The molecule has 0 bridgehead atoms. The first kappa shape index (κ1) is 23.1. The standard InChI is InChI=1S/C20H22N6OS.C2H6/c1-14(2)26-12-17(23-13-26)8-11-22-19(27)25-20-24-15(3)18(28-20)5-4-16-6-9-21-10-7-16;1-2/h6-7,9-10,12-14H,8,11H2,1-3H3,(H2,22,24,25,27);1-2H3. The molecule has 7 nitrogen and oxygen atoms in total. The Labute approximate surface area is 182 Å². The van der Waals surface area contributed by atoms with E-state index in [0.717, 1.165) is 21.8 Å². The maximum Gasteiger partial charge on any atom is 0.321 e. The minimum absolute atomic E-state index is 0.286. The molecule has 3 aromatic heterocycles. The number of hydrogen-bond donors (Lipinski definition) is 2. The van der Waals surface area contributed by atoms with Crippen molar-refractivity contribution in [2.75, 3.05) is 11.9 Å². The second-order valence-electron chi connectivity index (χ2n) is 6.46. The Hall–Kier alpha value is -3.18. The molecule has 0 saturated carbocycles. The number of thiazole rings is 1. The van der Waals surface area contributed by atoms with Gasteiger partial charge in [0, 0.05) is 43.2 Å². The maximum absolute atomic E-state index is 12.1. The Balaban J connectivity index is 0.00000155. The number of hydrogen-bond acceptors (Lipinski definition) is 5. The molecule has 3 rings (SSSR count). The van der Waals surface area contributed by atoms with Crippen molar-refractivity contribution in [2.45, 2.75) is 47.1 Å². The third kappa shape index (κ3) is 7.01. The van der Waals surface area contributed by atoms with E-state index in [1.807, 2.05) is 50.0 Å². The number of aryl methyl sites for hydroxylation is 1. The lowest BCUT2D eigenvalue weighted by Gasteiger charge is -2.05. The first-order valence-corrected chi connectivity index (χ1v) is 10.8. The highest BCUT2D eigenvalue weighted by Crippen LogP contribution is 2.21. The summed E-state index contributed by atoms with van der Waals surface area (Å²) < 4.78 is 2.04. The lowest BCUT2D eigenvalue weighted by molar-refractivity contribution is 0.252. The van der Waals surface area contributed by atoms with Crippen LogP contribution in [0.2, 0.25) is 0 Å². The summed E-state index contributed by atoms with van der Waals surface area (Å²) in [5.41, 5.74) is 2.63. The smallest absolute Gasteiger partial charge is 0.321 e. The number of nitrogens with zero attached hydrogens (tertiary/aromatic N) is 4. The minimum atomic E-state index is -0.286. The Kier molecular flexibility index (Phi) is 9.03. The van der Waals surface area contributed by atoms with Gasteiger partial charge in [0.1, 0.15) is 4.88 Å². The molecule has 0 aromatic carbocycles. The van der Waals surface area contributed by atoms with Crippen LogP contribution in [0.25, 0.3) is 0 Å². The Morgan fingerprint density at radius 3 is 2.63 bits per heavy atom. The molecular formula is C22H28N6OS. The fourth-order valence-corrected chi connectivity index (χ4v) is 3.18. The van der Waals surface area contributed by atoms with Gasteiger partial charge < -0.3 is 9.88 Å². The topological polar surface area (TPSA) is 84.7 Å². The van der Waals surface area contributed by atoms with Gasteiger partial charge in [0.15, 0.2) is 5.13 Å². The molecule has 0 aliphatic heterocycles. The summed E-state index contributed by atoms with van der Waals surface area (Å²) in [4.78, 5) is 25.6. The molecule has 0 radical (unpaired) electrons. The van der Waals surface area contributed by atoms with Gasteiger partial charge in [-0.3, -0.25) is 10.3 Å². The largest absolute Gasteiger partial charge is 0.337 e. The number of urea groups is 1. The second-order valence-corrected chi connectivity index (χ2v) is 7.46. The van der Waals surface area contributed by atoms with E-state index < -0.39 is 0 Å². The van der Waals surface area contributed by atoms with Gasteiger partial charge in [-0.15, -0.1) is 0 Å². The predicted octanol–water partition coefficient (Wildman–Crippen LogP) is 4.41. The average Bonchev–Trinajstić information content (AvgIpc) is 3.35. The van der Waals surface area contributed by atoms with Crippen LogP contribution in [-0.4, -0.2) is 32.1 Å². The molecule has 0 saturated heterocycles. The number of carbonyl (C=O) groups excluding carboxylic acids is 1. The van der Waals surface area contributed by atoms with Gasteiger partial charge in [0.25, 0.3) is 0 Å². The number of pyridine rings is 1. The third-order valence-corrected chi connectivity index (χ3v) is 4.92. The third-order valence-electron chi connectivity index (χ3n) is 3.94. The van der Waals surface area contributed by atoms with Crippen LogP contribution in [0.3, 0.4) is 0 Å². The van der Waals surface area contributed by atoms with Crippen LogP contribution >= 0.6 is 11.3 Å². The zero-order valence-electron chi connectivity index (χ0n) is 18.1. The number of aromatic nitrogens is 4. The molecule has 0 aliphatic rings. The molecule has 0 atom stereocenters. The number of imidazole rings is 1. The van der Waals surface area contributed by atoms with Gasteiger partial charge in [0.05, 0.1) is 17.7 Å². The molecule has 0 spiro atoms. The van der Waals surface area contributed by atoms with Crippen molar-refractivity contribution < 1.29 is 4.79 Å². The fourth-order valence-electron chi connectivity index (χ4n) is 2.37. The summed E-state index contributed by atoms with van der Waals surface area (Å²) in [5.74, 6) is 6.17. The number of carbonyl (C=O) groups is 1. The van der Waals surface area contributed by atoms with E-state index in [0.29, 0.717) is 24.1 Å². The van der Waals surface area contributed by atoms with E-state index in [1.54, 1.807) is 12.4 Å². The van der Waals surface area contributed by atoms with E-state index in [1.165, 1.54) is 11.3 Å². The lowest BCUT2D eigenvalue weighted by atomic mass is 10.2. The van der Waals surface area contributed by atoms with Crippen molar-refractivity contribution in [1.82, 2.24) is 24.8 Å². The fraction of sp³-hybridized carbons (Fsp3) is 0.364. The van der Waals surface area contributed by atoms with Crippen LogP contribution in [0.15, 0.2) is 37.1 Å². The maximum atomic E-state index is 12.1. The highest BCUT2D eigenvalue weighted by molar-refractivity contribution is 7.16. The summed E-state index contributed by atoms with van der Waals surface area (Å²) in [6.07, 6.45) is 7.89. The first-order valence-electron chi connectivity index (χ1n) is 9.98. The van der Waals surface area contributed by atoms with Gasteiger partial charge in [-0.25, -0.2) is 14.8 Å². The molecule has 0 unspecified atom stereocenters. The van der Waals surface area contributed by atoms with E-state index in [2.05, 4.69) is 51.3 Å². The molecule has 3 aromatic rings. The normalized spacial score (nSPS) is 9.93. The summed E-state index contributed by atoms with van der Waals surface area (Å²) in [5, 5.41) is 6.12. The van der Waals surface area contributed by atoms with Crippen molar-refractivity contribution in [3.05, 3.63) is 58.9 Å². The zero-order chi connectivity index (χ0) is 21.9. The Morgan fingerprint density at radius 2 is 1.97 bits per heavy atom. The first-order chi connectivity index (χ1) is 14.5. The molecule has 2 amide bonds. The minimum Gasteiger partial charge on any atom is -0.337 e. The summed E-state index contributed by atoms with van der Waals surface area (Å²) >= 11 is 1.36. The van der Waals surface area contributed by atoms with Crippen LogP contribution in [0.5, 0.6) is 0 Å². The SMILES string of the molecule is CC.Cc1nc(NC(=O)NCCc2cn(C(C)C)cn2)sc1C#Cc1ccncc1. The lowest BCUT2D eigenvalue weighted by Crippen LogP contribution is -2.30. The molecular weight excluding hydrogens is 396 g/mol. The van der Waals surface area contributed by atoms with Crippen LogP contribution in [-0.2, 0) is 6.42 Å². The number of anilines is 1. The predicted molar refractivity (Wildman–Crippen MR) is 122 cm³/mol. The van der Waals surface area contributed by atoms with Crippen molar-refractivity contribution >= 4 is 22.5 Å². The van der Waals surface area contributed by atoms with Gasteiger partial charge in [-0.1, -0.05) is 31.1 Å². The van der Waals surface area contributed by atoms with E-state index >= 15 is 0 Å². The van der Waals surface area contributed by atoms with E-state index in [4.69, 9.17) is 0 Å². The number of rotatable bonds is 5. The second kappa shape index (κ2) is 11.7. The number of amides is 2. The average molecular weight is 425 g/mol. The van der Waals surface area contributed by atoms with Gasteiger partial charge in [0.2, 0.25) is 0 Å². The quantitative estimate of drug-likeness (QED) is 0.594. The van der Waals surface area contributed by atoms with Crippen LogP contribution in [0.1, 0.15) is 55.6 Å². The number of nitrogens with one attached hydrogen (secondary N) is 2. The summed E-state index contributed by atoms with van der Waals surface area (Å²) in [6, 6.07) is 3.78. The highest BCUT2D eigenvalue weighted by Gasteiger charge is 2.09. The molecule has 30 heavy (non-hydrogen) atoms. The van der Waals surface area contributed by atoms with Gasteiger partial charge in [-0.2, -0.15) is 0 Å². The Morgan fingerprint density at radius 1 is 1.23 bits per heavy atom. The molecule has 8 heteroatoms. The molecule has 0 fully saturated rings. The van der Waals surface area contributed by atoms with Crippen molar-refractivity contribution in [2.24, 2.45) is 0 Å². The summed E-state index contributed by atoms with van der Waals surface area (Å²) in [7, 11) is 0. The molecule has 158 valence electrons. The van der Waals surface area contributed by atoms with Crippen molar-refractivity contribution in [1.29, 1.82) is 0 Å². The van der Waals surface area contributed by atoms with Crippen LogP contribution in [0.4, 0.5) is 9.93 Å². The summed E-state index contributed by atoms with van der Waals surface area (Å²) in [6.45, 7) is 10.6. The van der Waals surface area contributed by atoms with Crippen molar-refractivity contribution in [3.8, 4) is 11.8 Å². The van der Waals surface area contributed by atoms with Crippen LogP contribution in [0, 0.1) is 18.8 Å². The molecule has 3 heterocycles. The van der Waals surface area contributed by atoms with E-state index in [9.17, 15) is 4.79 Å². The van der Waals surface area contributed by atoms with Crippen LogP contribution < -0.4 is 10.6 Å². The van der Waals surface area contributed by atoms with Crippen molar-refractivity contribution in [3.63, 3.8) is 0 Å². The monoisotopic (exact) mass is 424 g/mol. The molecule has 0 aliphatic carbocycles. The van der Waals surface area contributed by atoms with Gasteiger partial charge >= 0.3 is 6.03 Å². The Bertz CT molecular complexity index is 998. The van der Waals surface area contributed by atoms with E-state index in [-0.39, 0.29) is 6.03 Å². The molecule has 2 N–H and O–H groups in total. The van der Waals surface area contributed by atoms with Gasteiger partial charge in [-0.05, 0) is 38.8 Å². The zero-order valence-corrected chi connectivity index (χ0v) is 18.9. The highest BCUT2D eigenvalue weighted by atomic mass is 32.1.